The maximum atomic E-state index is 12.7. The quantitative estimate of drug-likeness (QED) is 0.585. The van der Waals surface area contributed by atoms with Gasteiger partial charge in [0.15, 0.2) is 0 Å². The largest absolute Gasteiger partial charge is 0.357 e. The number of halogens is 1. The lowest BCUT2D eigenvalue weighted by molar-refractivity contribution is -0.121. The van der Waals surface area contributed by atoms with Gasteiger partial charge in [-0.15, -0.1) is 11.8 Å². The molecular formula is C14H14FN3O2S. The van der Waals surface area contributed by atoms with Crippen molar-refractivity contribution in [1.29, 1.82) is 0 Å². The van der Waals surface area contributed by atoms with E-state index in [1.165, 1.54) is 23.9 Å². The third kappa shape index (κ3) is 4.96. The van der Waals surface area contributed by atoms with Crippen molar-refractivity contribution in [1.82, 2.24) is 15.8 Å². The van der Waals surface area contributed by atoms with Crippen LogP contribution in [-0.4, -0.2) is 22.6 Å². The van der Waals surface area contributed by atoms with Crippen LogP contribution in [0.1, 0.15) is 16.9 Å². The lowest BCUT2D eigenvalue weighted by Gasteiger charge is -2.06. The molecule has 1 aromatic carbocycles. The minimum absolute atomic E-state index is 0.243. The summed E-state index contributed by atoms with van der Waals surface area (Å²) in [6.07, 6.45) is 1.86. The van der Waals surface area contributed by atoms with Crippen LogP contribution in [0.5, 0.6) is 0 Å². The number of aromatic amines is 1. The third-order valence-corrected chi connectivity index (χ3v) is 3.58. The predicted octanol–water partition coefficient (Wildman–Crippen LogP) is 2.10. The van der Waals surface area contributed by atoms with Crippen molar-refractivity contribution in [2.24, 2.45) is 0 Å². The molecule has 0 aliphatic carbocycles. The van der Waals surface area contributed by atoms with Crippen LogP contribution in [0.25, 0.3) is 0 Å². The molecule has 1 aromatic heterocycles. The topological polar surface area (TPSA) is 74.0 Å². The van der Waals surface area contributed by atoms with Gasteiger partial charge in [-0.05, 0) is 36.4 Å². The maximum Gasteiger partial charge on any atom is 0.286 e. The number of carbonyl (C=O) groups excluding carboxylic acids is 2. The fourth-order valence-electron chi connectivity index (χ4n) is 1.52. The minimum Gasteiger partial charge on any atom is -0.357 e. The first kappa shape index (κ1) is 15.1. The zero-order valence-corrected chi connectivity index (χ0v) is 11.9. The highest BCUT2D eigenvalue weighted by Crippen LogP contribution is 2.18. The van der Waals surface area contributed by atoms with Gasteiger partial charge in [0, 0.05) is 23.3 Å². The number of aromatic nitrogens is 1. The average molecular weight is 307 g/mol. The molecule has 0 saturated heterocycles. The molecule has 1 heterocycles. The Kier molecular flexibility index (Phi) is 5.39. The van der Waals surface area contributed by atoms with Crippen molar-refractivity contribution in [3.8, 4) is 0 Å². The number of hydrogen-bond acceptors (Lipinski definition) is 3. The van der Waals surface area contributed by atoms with E-state index in [0.717, 1.165) is 4.90 Å². The molecule has 2 amide bonds. The van der Waals surface area contributed by atoms with Crippen LogP contribution in [0.15, 0.2) is 47.5 Å². The van der Waals surface area contributed by atoms with Gasteiger partial charge >= 0.3 is 0 Å². The lowest BCUT2D eigenvalue weighted by atomic mass is 10.4. The van der Waals surface area contributed by atoms with Gasteiger partial charge in [-0.25, -0.2) is 4.39 Å². The molecule has 110 valence electrons. The molecule has 0 radical (unpaired) electrons. The summed E-state index contributed by atoms with van der Waals surface area (Å²) in [5.74, 6) is -0.441. The molecule has 2 rings (SSSR count). The molecule has 0 aliphatic heterocycles. The molecule has 0 aliphatic rings. The standard InChI is InChI=1S/C14H14FN3O2S/c15-10-3-5-11(6-4-10)21-9-7-13(19)17-18-14(20)12-2-1-8-16-12/h1-6,8,16H,7,9H2,(H,17,19)(H,18,20). The van der Waals surface area contributed by atoms with Crippen LogP contribution in [0.3, 0.4) is 0 Å². The highest BCUT2D eigenvalue weighted by Gasteiger charge is 2.07. The Balaban J connectivity index is 1.66. The van der Waals surface area contributed by atoms with Crippen molar-refractivity contribution in [2.45, 2.75) is 11.3 Å². The van der Waals surface area contributed by atoms with Crippen molar-refractivity contribution < 1.29 is 14.0 Å². The Labute approximate surface area is 125 Å². The summed E-state index contributed by atoms with van der Waals surface area (Å²) in [4.78, 5) is 26.7. The maximum absolute atomic E-state index is 12.7. The van der Waals surface area contributed by atoms with E-state index < -0.39 is 5.91 Å². The van der Waals surface area contributed by atoms with Gasteiger partial charge in [0.05, 0.1) is 0 Å². The zero-order chi connectivity index (χ0) is 15.1. The Morgan fingerprint density at radius 1 is 1.14 bits per heavy atom. The first-order valence-electron chi connectivity index (χ1n) is 6.26. The van der Waals surface area contributed by atoms with Gasteiger partial charge in [0.25, 0.3) is 5.91 Å². The molecule has 21 heavy (non-hydrogen) atoms. The second kappa shape index (κ2) is 7.49. The van der Waals surface area contributed by atoms with Crippen molar-refractivity contribution in [2.75, 3.05) is 5.75 Å². The number of H-pyrrole nitrogens is 1. The molecule has 5 nitrogen and oxygen atoms in total. The second-order valence-electron chi connectivity index (χ2n) is 4.14. The van der Waals surface area contributed by atoms with E-state index in [4.69, 9.17) is 0 Å². The number of benzene rings is 1. The predicted molar refractivity (Wildman–Crippen MR) is 78.1 cm³/mol. The monoisotopic (exact) mass is 307 g/mol. The molecule has 0 fully saturated rings. The molecular weight excluding hydrogens is 293 g/mol. The number of hydrazine groups is 1. The van der Waals surface area contributed by atoms with E-state index in [0.29, 0.717) is 11.4 Å². The molecule has 0 atom stereocenters. The van der Waals surface area contributed by atoms with E-state index in [9.17, 15) is 14.0 Å². The van der Waals surface area contributed by atoms with E-state index >= 15 is 0 Å². The van der Waals surface area contributed by atoms with E-state index in [-0.39, 0.29) is 18.1 Å². The first-order chi connectivity index (χ1) is 10.1. The highest BCUT2D eigenvalue weighted by atomic mass is 32.2. The Morgan fingerprint density at radius 2 is 1.90 bits per heavy atom. The number of hydrogen-bond donors (Lipinski definition) is 3. The second-order valence-corrected chi connectivity index (χ2v) is 5.31. The van der Waals surface area contributed by atoms with Gasteiger partial charge in [0.1, 0.15) is 11.5 Å². The normalized spacial score (nSPS) is 10.1. The Bertz CT molecular complexity index is 599. The van der Waals surface area contributed by atoms with Gasteiger partial charge in [-0.2, -0.15) is 0 Å². The van der Waals surface area contributed by atoms with Gasteiger partial charge < -0.3 is 4.98 Å². The molecule has 0 unspecified atom stereocenters. The number of nitrogens with one attached hydrogen (secondary N) is 3. The van der Waals surface area contributed by atoms with Gasteiger partial charge in [0.2, 0.25) is 5.91 Å². The van der Waals surface area contributed by atoms with Crippen LogP contribution in [0.2, 0.25) is 0 Å². The number of carbonyl (C=O) groups is 2. The summed E-state index contributed by atoms with van der Waals surface area (Å²) in [7, 11) is 0. The van der Waals surface area contributed by atoms with Crippen LogP contribution in [0, 0.1) is 5.82 Å². The molecule has 0 bridgehead atoms. The summed E-state index contributed by atoms with van der Waals surface area (Å²) < 4.78 is 12.7. The number of amides is 2. The summed E-state index contributed by atoms with van der Waals surface area (Å²) in [6, 6.07) is 9.36. The van der Waals surface area contributed by atoms with Crippen LogP contribution >= 0.6 is 11.8 Å². The highest BCUT2D eigenvalue weighted by molar-refractivity contribution is 7.99. The summed E-state index contributed by atoms with van der Waals surface area (Å²) in [5, 5.41) is 0. The lowest BCUT2D eigenvalue weighted by Crippen LogP contribution is -2.41. The smallest absolute Gasteiger partial charge is 0.286 e. The SMILES string of the molecule is O=C(CCSc1ccc(F)cc1)NNC(=O)c1ccc[nH]1. The summed E-state index contributed by atoms with van der Waals surface area (Å²) in [6.45, 7) is 0. The van der Waals surface area contributed by atoms with E-state index in [1.807, 2.05) is 0 Å². The van der Waals surface area contributed by atoms with Gasteiger partial charge in [-0.3, -0.25) is 20.4 Å². The third-order valence-electron chi connectivity index (χ3n) is 2.57. The van der Waals surface area contributed by atoms with Crippen molar-refractivity contribution in [3.63, 3.8) is 0 Å². The number of thioether (sulfide) groups is 1. The van der Waals surface area contributed by atoms with E-state index in [2.05, 4.69) is 15.8 Å². The van der Waals surface area contributed by atoms with E-state index in [1.54, 1.807) is 30.5 Å². The van der Waals surface area contributed by atoms with Crippen molar-refractivity contribution in [3.05, 3.63) is 54.1 Å². The van der Waals surface area contributed by atoms with Crippen LogP contribution in [-0.2, 0) is 4.79 Å². The Morgan fingerprint density at radius 3 is 2.57 bits per heavy atom. The first-order valence-corrected chi connectivity index (χ1v) is 7.24. The minimum atomic E-state index is -0.403. The average Bonchev–Trinajstić information content (AvgIpc) is 3.01. The molecule has 0 saturated carbocycles. The molecule has 2 aromatic rings. The fraction of sp³-hybridized carbons (Fsp3) is 0.143. The summed E-state index contributed by atoms with van der Waals surface area (Å²) in [5.41, 5.74) is 5.02. The number of rotatable bonds is 5. The van der Waals surface area contributed by atoms with Crippen LogP contribution in [0.4, 0.5) is 4.39 Å². The van der Waals surface area contributed by atoms with Crippen LogP contribution < -0.4 is 10.9 Å². The molecule has 3 N–H and O–H groups in total. The summed E-state index contributed by atoms with van der Waals surface area (Å²) >= 11 is 1.44. The van der Waals surface area contributed by atoms with Crippen molar-refractivity contribution >= 4 is 23.6 Å². The zero-order valence-electron chi connectivity index (χ0n) is 11.1. The Hall–Kier alpha value is -2.28. The molecule has 0 spiro atoms. The molecule has 7 heteroatoms. The fourth-order valence-corrected chi connectivity index (χ4v) is 2.37. The van der Waals surface area contributed by atoms with Gasteiger partial charge in [-0.1, -0.05) is 0 Å².